The zero-order valence-electron chi connectivity index (χ0n) is 15.8. The van der Waals surface area contributed by atoms with Crippen molar-refractivity contribution in [3.8, 4) is 0 Å². The number of likely N-dealkylation sites (N-methyl/N-ethyl adjacent to an activating group) is 1. The summed E-state index contributed by atoms with van der Waals surface area (Å²) in [5, 5.41) is 3.18. The Bertz CT molecular complexity index is 1070. The fraction of sp³-hybridized carbons (Fsp3) is 0.211. The first-order valence-corrected chi connectivity index (χ1v) is 12.4. The van der Waals surface area contributed by atoms with E-state index in [2.05, 4.69) is 74.0 Å². The van der Waals surface area contributed by atoms with E-state index in [-0.39, 0.29) is 17.4 Å². The van der Waals surface area contributed by atoms with E-state index in [0.717, 1.165) is 18.7 Å². The summed E-state index contributed by atoms with van der Waals surface area (Å²) in [5.41, 5.74) is 0.593. The molecule has 1 unspecified atom stereocenters. The van der Waals surface area contributed by atoms with Gasteiger partial charge < -0.3 is 5.32 Å². The van der Waals surface area contributed by atoms with Crippen molar-refractivity contribution in [3.05, 3.63) is 57.2 Å². The van der Waals surface area contributed by atoms with Gasteiger partial charge in [0.1, 0.15) is 15.2 Å². The zero-order valence-corrected chi connectivity index (χ0v) is 22.9. The Balaban J connectivity index is 2.09. The Morgan fingerprint density at radius 1 is 1.16 bits per heavy atom. The van der Waals surface area contributed by atoms with Crippen molar-refractivity contribution in [2.75, 3.05) is 23.1 Å². The molecule has 0 aliphatic carbocycles. The maximum Gasteiger partial charge on any atom is 0.337 e. The van der Waals surface area contributed by atoms with E-state index in [1.165, 1.54) is 25.2 Å². The number of carbonyl (C=O) groups is 2. The fourth-order valence-corrected chi connectivity index (χ4v) is 3.91. The molecule has 0 radical (unpaired) electrons. The monoisotopic (exact) mass is 700 g/mol. The molecule has 3 rings (SSSR count). The largest absolute Gasteiger partial charge is 0.362 e. The highest BCUT2D eigenvalue weighted by Gasteiger charge is 2.44. The number of aliphatic imine (C=N–C) groups is 1. The van der Waals surface area contributed by atoms with Gasteiger partial charge in [-0.25, -0.2) is 19.1 Å². The SMILES string of the molecule is CN1C(=O)C(=NC(Nc2ccc(Br)c(Br)c2)C(Br)(Br)CCl)N(c2ccccc2F)C1=O. The summed E-state index contributed by atoms with van der Waals surface area (Å²) in [4.78, 5) is 31.9. The first-order chi connectivity index (χ1) is 14.6. The number of amides is 3. The van der Waals surface area contributed by atoms with E-state index in [1.54, 1.807) is 12.1 Å². The molecule has 6 nitrogen and oxygen atoms in total. The van der Waals surface area contributed by atoms with Crippen molar-refractivity contribution in [1.82, 2.24) is 4.90 Å². The van der Waals surface area contributed by atoms with E-state index in [4.69, 9.17) is 11.6 Å². The predicted octanol–water partition coefficient (Wildman–Crippen LogP) is 6.31. The molecule has 164 valence electrons. The normalized spacial score (nSPS) is 16.9. The van der Waals surface area contributed by atoms with E-state index >= 15 is 0 Å². The maximum absolute atomic E-state index is 14.5. The van der Waals surface area contributed by atoms with Crippen molar-refractivity contribution in [2.45, 2.75) is 9.40 Å². The van der Waals surface area contributed by atoms with Gasteiger partial charge in [0.05, 0.1) is 11.6 Å². The molecule has 1 aliphatic rings. The number of benzene rings is 2. The van der Waals surface area contributed by atoms with Gasteiger partial charge in [-0.3, -0.25) is 9.69 Å². The number of carbonyl (C=O) groups excluding carboxylic acids is 2. The molecule has 31 heavy (non-hydrogen) atoms. The molecule has 0 bridgehead atoms. The van der Waals surface area contributed by atoms with Crippen LogP contribution in [0.25, 0.3) is 0 Å². The van der Waals surface area contributed by atoms with Gasteiger partial charge in [-0.15, -0.1) is 11.6 Å². The standard InChI is InChI=1S/C19H14Br4ClFN4O2/c1-28-16(30)15(29(18(28)31)14-5-3-2-4-13(14)25)27-17(19(22,23)9-24)26-10-6-7-11(20)12(21)8-10/h2-8,17,26H,9H2,1H3. The highest BCUT2D eigenvalue weighted by molar-refractivity contribution is 9.25. The third kappa shape index (κ3) is 5.16. The average Bonchev–Trinajstić information content (AvgIpc) is 2.94. The summed E-state index contributed by atoms with van der Waals surface area (Å²) in [6, 6.07) is 10.4. The van der Waals surface area contributed by atoms with Crippen LogP contribution in [-0.4, -0.2) is 45.0 Å². The Morgan fingerprint density at radius 2 is 1.84 bits per heavy atom. The summed E-state index contributed by atoms with van der Waals surface area (Å²) in [6.07, 6.45) is -0.856. The van der Waals surface area contributed by atoms with Crippen LogP contribution in [0.5, 0.6) is 0 Å². The molecule has 3 amide bonds. The summed E-state index contributed by atoms with van der Waals surface area (Å²) in [6.45, 7) is 0. The third-order valence-electron chi connectivity index (χ3n) is 4.33. The highest BCUT2D eigenvalue weighted by atomic mass is 79.9. The van der Waals surface area contributed by atoms with Crippen molar-refractivity contribution in [3.63, 3.8) is 0 Å². The number of amidine groups is 1. The molecule has 0 spiro atoms. The van der Waals surface area contributed by atoms with Crippen molar-refractivity contribution >= 4 is 104 Å². The van der Waals surface area contributed by atoms with Gasteiger partial charge in [0.15, 0.2) is 0 Å². The van der Waals surface area contributed by atoms with Crippen LogP contribution in [0.15, 0.2) is 56.4 Å². The first-order valence-electron chi connectivity index (χ1n) is 8.66. The highest BCUT2D eigenvalue weighted by Crippen LogP contribution is 2.36. The lowest BCUT2D eigenvalue weighted by Gasteiger charge is -2.28. The molecular weight excluding hydrogens is 690 g/mol. The molecule has 1 aliphatic heterocycles. The lowest BCUT2D eigenvalue weighted by Crippen LogP contribution is -2.41. The Kier molecular flexibility index (Phi) is 7.83. The Hall–Kier alpha value is -1.01. The number of anilines is 2. The van der Waals surface area contributed by atoms with Crippen molar-refractivity contribution < 1.29 is 14.0 Å². The molecule has 1 N–H and O–H groups in total. The number of halogens is 6. The smallest absolute Gasteiger partial charge is 0.337 e. The second-order valence-corrected chi connectivity index (χ2v) is 12.3. The summed E-state index contributed by atoms with van der Waals surface area (Å²) in [7, 11) is 1.31. The minimum Gasteiger partial charge on any atom is -0.362 e. The van der Waals surface area contributed by atoms with Crippen molar-refractivity contribution in [1.29, 1.82) is 0 Å². The quantitative estimate of drug-likeness (QED) is 0.284. The Morgan fingerprint density at radius 3 is 2.45 bits per heavy atom. The second-order valence-electron chi connectivity index (χ2n) is 6.46. The zero-order chi connectivity index (χ0) is 22.9. The van der Waals surface area contributed by atoms with Crippen LogP contribution in [0.1, 0.15) is 0 Å². The molecule has 2 aromatic rings. The topological polar surface area (TPSA) is 65.0 Å². The number of nitrogens with zero attached hydrogens (tertiary/aromatic N) is 3. The molecule has 1 fully saturated rings. The van der Waals surface area contributed by atoms with Gasteiger partial charge in [0, 0.05) is 21.7 Å². The van der Waals surface area contributed by atoms with Crippen LogP contribution >= 0.6 is 75.3 Å². The minimum absolute atomic E-state index is 0.0524. The molecule has 12 heteroatoms. The maximum atomic E-state index is 14.5. The number of rotatable bonds is 6. The van der Waals surface area contributed by atoms with Gasteiger partial charge in [-0.1, -0.05) is 44.0 Å². The van der Waals surface area contributed by atoms with Gasteiger partial charge >= 0.3 is 6.03 Å². The van der Waals surface area contributed by atoms with E-state index in [1.807, 2.05) is 12.1 Å². The van der Waals surface area contributed by atoms with Crippen LogP contribution < -0.4 is 10.2 Å². The average molecular weight is 704 g/mol. The molecule has 1 heterocycles. The van der Waals surface area contributed by atoms with Gasteiger partial charge in [-0.05, 0) is 62.2 Å². The number of hydrogen-bond acceptors (Lipinski definition) is 4. The second kappa shape index (κ2) is 9.86. The van der Waals surface area contributed by atoms with Crippen LogP contribution in [-0.2, 0) is 4.79 Å². The van der Waals surface area contributed by atoms with Crippen molar-refractivity contribution in [2.24, 2.45) is 4.99 Å². The number of imide groups is 1. The van der Waals surface area contributed by atoms with E-state index in [9.17, 15) is 14.0 Å². The molecule has 1 atom stereocenters. The summed E-state index contributed by atoms with van der Waals surface area (Å²) in [5.74, 6) is -1.51. The number of nitrogens with one attached hydrogen (secondary N) is 1. The lowest BCUT2D eigenvalue weighted by atomic mass is 10.2. The van der Waals surface area contributed by atoms with Gasteiger partial charge in [-0.2, -0.15) is 0 Å². The summed E-state index contributed by atoms with van der Waals surface area (Å²) < 4.78 is 15.1. The van der Waals surface area contributed by atoms with Crippen LogP contribution in [0.2, 0.25) is 0 Å². The van der Waals surface area contributed by atoms with E-state index < -0.39 is 27.2 Å². The predicted molar refractivity (Wildman–Crippen MR) is 135 cm³/mol. The molecule has 0 saturated carbocycles. The van der Waals surface area contributed by atoms with E-state index in [0.29, 0.717) is 5.69 Å². The van der Waals surface area contributed by atoms with Gasteiger partial charge in [0.2, 0.25) is 5.84 Å². The van der Waals surface area contributed by atoms with Gasteiger partial charge in [0.25, 0.3) is 5.91 Å². The van der Waals surface area contributed by atoms with Crippen LogP contribution in [0, 0.1) is 5.82 Å². The van der Waals surface area contributed by atoms with Crippen LogP contribution in [0.4, 0.5) is 20.6 Å². The lowest BCUT2D eigenvalue weighted by molar-refractivity contribution is -0.119. The fourth-order valence-electron chi connectivity index (χ4n) is 2.71. The number of hydrogen-bond donors (Lipinski definition) is 1. The van der Waals surface area contributed by atoms with Crippen LogP contribution in [0.3, 0.4) is 0 Å². The molecule has 2 aromatic carbocycles. The third-order valence-corrected chi connectivity index (χ3v) is 8.71. The Labute approximate surface area is 216 Å². The first kappa shape index (κ1) is 24.6. The molecule has 0 aromatic heterocycles. The molecule has 1 saturated heterocycles. The molecular formula is C19H14Br4ClFN4O2. The minimum atomic E-state index is -0.987. The number of para-hydroxylation sites is 1. The number of urea groups is 1. The number of alkyl halides is 3. The summed E-state index contributed by atoms with van der Waals surface area (Å²) >= 11 is 19.9.